The molecule has 2 aliphatic heterocycles. The number of carbonyl (C=O) groups excluding carboxylic acids is 1. The molecule has 2 aromatic carbocycles. The molecule has 1 aromatic heterocycles. The summed E-state index contributed by atoms with van der Waals surface area (Å²) in [5.74, 6) is -0.533. The Morgan fingerprint density at radius 2 is 1.35 bits per heavy atom. The molecule has 0 bridgehead atoms. The zero-order valence-corrected chi connectivity index (χ0v) is 18.4. The molecule has 2 saturated heterocycles. The van der Waals surface area contributed by atoms with E-state index in [2.05, 4.69) is 4.98 Å². The van der Waals surface area contributed by atoms with Gasteiger partial charge in [-0.2, -0.15) is 0 Å². The van der Waals surface area contributed by atoms with Crippen LogP contribution in [0.25, 0.3) is 0 Å². The van der Waals surface area contributed by atoms with Gasteiger partial charge in [-0.1, -0.05) is 60.7 Å². The highest BCUT2D eigenvalue weighted by atomic mass is 16.8. The van der Waals surface area contributed by atoms with Gasteiger partial charge in [0, 0.05) is 29.4 Å². The van der Waals surface area contributed by atoms with Crippen molar-refractivity contribution < 1.29 is 28.8 Å². The van der Waals surface area contributed by atoms with Crippen LogP contribution in [-0.4, -0.2) is 47.0 Å². The SMILES string of the molecule is NC(=O)c1ccc(C[C@H]2OC(c3ccccc3)O[C@H]3[C@H]2OC(c2ccccc2)O[C@@H]3CO)nc1. The maximum absolute atomic E-state index is 11.4. The lowest BCUT2D eigenvalue weighted by atomic mass is 9.95. The fourth-order valence-electron chi connectivity index (χ4n) is 4.32. The van der Waals surface area contributed by atoms with Crippen LogP contribution in [0, 0.1) is 0 Å². The molecule has 34 heavy (non-hydrogen) atoms. The summed E-state index contributed by atoms with van der Waals surface area (Å²) in [6.07, 6.45) is -1.59. The van der Waals surface area contributed by atoms with Crippen molar-refractivity contribution in [2.75, 3.05) is 6.61 Å². The van der Waals surface area contributed by atoms with E-state index in [0.29, 0.717) is 12.0 Å². The standard InChI is InChI=1S/C26H26N2O6/c27-24(30)18-11-12-19(28-14-18)13-20-22-23(34-25(31-20)16-7-3-1-4-8-16)21(15-29)32-26(33-22)17-9-5-2-6-10-17/h1-12,14,20-23,25-26,29H,13,15H2,(H2,27,30)/t20-,21-,22+,23-,25?,26?/m1/s1. The van der Waals surface area contributed by atoms with Crippen molar-refractivity contribution in [2.24, 2.45) is 5.73 Å². The van der Waals surface area contributed by atoms with Gasteiger partial charge in [-0.25, -0.2) is 0 Å². The van der Waals surface area contributed by atoms with Crippen molar-refractivity contribution in [3.05, 3.63) is 101 Å². The second-order valence-corrected chi connectivity index (χ2v) is 8.32. The highest BCUT2D eigenvalue weighted by molar-refractivity contribution is 5.92. The molecule has 0 aliphatic carbocycles. The summed E-state index contributed by atoms with van der Waals surface area (Å²) < 4.78 is 25.1. The van der Waals surface area contributed by atoms with Crippen molar-refractivity contribution >= 4 is 5.91 Å². The molecule has 2 aliphatic rings. The number of fused-ring (bicyclic) bond motifs is 1. The highest BCUT2D eigenvalue weighted by Crippen LogP contribution is 2.41. The monoisotopic (exact) mass is 462 g/mol. The van der Waals surface area contributed by atoms with E-state index in [1.54, 1.807) is 12.1 Å². The first-order valence-corrected chi connectivity index (χ1v) is 11.2. The van der Waals surface area contributed by atoms with Crippen molar-refractivity contribution in [2.45, 2.75) is 43.4 Å². The van der Waals surface area contributed by atoms with Crippen LogP contribution < -0.4 is 5.73 Å². The predicted octanol–water partition coefficient (Wildman–Crippen LogP) is 2.68. The molecule has 3 heterocycles. The summed E-state index contributed by atoms with van der Waals surface area (Å²) in [6.45, 7) is -0.229. The van der Waals surface area contributed by atoms with Crippen LogP contribution >= 0.6 is 0 Å². The molecule has 3 aromatic rings. The predicted molar refractivity (Wildman–Crippen MR) is 121 cm³/mol. The topological polar surface area (TPSA) is 113 Å². The minimum absolute atomic E-state index is 0.229. The first-order chi connectivity index (χ1) is 16.6. The fourth-order valence-corrected chi connectivity index (χ4v) is 4.32. The maximum atomic E-state index is 11.4. The third-order valence-electron chi connectivity index (χ3n) is 6.06. The zero-order chi connectivity index (χ0) is 23.5. The minimum Gasteiger partial charge on any atom is -0.394 e. The molecule has 5 rings (SSSR count). The van der Waals surface area contributed by atoms with Crippen LogP contribution in [0.2, 0.25) is 0 Å². The maximum Gasteiger partial charge on any atom is 0.250 e. The summed E-state index contributed by atoms with van der Waals surface area (Å²) in [5.41, 5.74) is 8.09. The molecule has 0 spiro atoms. The Kier molecular flexibility index (Phi) is 6.66. The molecule has 176 valence electrons. The van der Waals surface area contributed by atoms with E-state index < -0.39 is 42.9 Å². The van der Waals surface area contributed by atoms with Crippen molar-refractivity contribution in [3.63, 3.8) is 0 Å². The Hall–Kier alpha value is -3.14. The molecule has 3 N–H and O–H groups in total. The van der Waals surface area contributed by atoms with E-state index in [9.17, 15) is 9.90 Å². The third kappa shape index (κ3) is 4.72. The van der Waals surface area contributed by atoms with Crippen molar-refractivity contribution in [1.29, 1.82) is 0 Å². The third-order valence-corrected chi connectivity index (χ3v) is 6.06. The van der Waals surface area contributed by atoms with E-state index in [-0.39, 0.29) is 6.61 Å². The van der Waals surface area contributed by atoms with Gasteiger partial charge in [0.25, 0.3) is 0 Å². The molecular formula is C26H26N2O6. The second-order valence-electron chi connectivity index (χ2n) is 8.32. The first kappa shape index (κ1) is 22.6. The van der Waals surface area contributed by atoms with E-state index >= 15 is 0 Å². The number of nitrogens with two attached hydrogens (primary N) is 1. The molecule has 2 fully saturated rings. The van der Waals surface area contributed by atoms with Crippen LogP contribution in [0.3, 0.4) is 0 Å². The molecule has 6 atom stereocenters. The summed E-state index contributed by atoms with van der Waals surface area (Å²) in [6, 6.07) is 22.5. The van der Waals surface area contributed by atoms with Crippen LogP contribution in [0.5, 0.6) is 0 Å². The van der Waals surface area contributed by atoms with Gasteiger partial charge in [-0.05, 0) is 12.1 Å². The average Bonchev–Trinajstić information content (AvgIpc) is 2.89. The molecule has 8 nitrogen and oxygen atoms in total. The Morgan fingerprint density at radius 1 is 0.794 bits per heavy atom. The number of amides is 1. The number of nitrogens with zero attached hydrogens (tertiary/aromatic N) is 1. The Morgan fingerprint density at radius 3 is 1.85 bits per heavy atom. The summed E-state index contributed by atoms with van der Waals surface area (Å²) >= 11 is 0. The van der Waals surface area contributed by atoms with Gasteiger partial charge in [-0.3, -0.25) is 9.78 Å². The number of carbonyl (C=O) groups is 1. The summed E-state index contributed by atoms with van der Waals surface area (Å²) in [7, 11) is 0. The number of aliphatic hydroxyl groups excluding tert-OH is 1. The summed E-state index contributed by atoms with van der Waals surface area (Å²) in [5, 5.41) is 10.2. The number of rotatable bonds is 6. The average molecular weight is 463 g/mol. The Bertz CT molecular complexity index is 1100. The Balaban J connectivity index is 1.45. The molecular weight excluding hydrogens is 436 g/mol. The summed E-state index contributed by atoms with van der Waals surface area (Å²) in [4.78, 5) is 15.8. The van der Waals surface area contributed by atoms with Crippen LogP contribution in [0.4, 0.5) is 0 Å². The molecule has 2 unspecified atom stereocenters. The zero-order valence-electron chi connectivity index (χ0n) is 18.4. The van der Waals surface area contributed by atoms with Crippen molar-refractivity contribution in [3.8, 4) is 0 Å². The molecule has 0 saturated carbocycles. The highest BCUT2D eigenvalue weighted by Gasteiger charge is 2.50. The normalized spacial score (nSPS) is 28.7. The number of hydrogen-bond acceptors (Lipinski definition) is 7. The number of ether oxygens (including phenoxy) is 4. The number of primary amides is 1. The lowest BCUT2D eigenvalue weighted by Crippen LogP contribution is -2.59. The minimum atomic E-state index is -0.673. The first-order valence-electron chi connectivity index (χ1n) is 11.2. The van der Waals surface area contributed by atoms with E-state index in [1.165, 1.54) is 6.20 Å². The van der Waals surface area contributed by atoms with Crippen LogP contribution in [0.1, 0.15) is 39.8 Å². The lowest BCUT2D eigenvalue weighted by Gasteiger charge is -2.49. The van der Waals surface area contributed by atoms with Gasteiger partial charge in [-0.15, -0.1) is 0 Å². The van der Waals surface area contributed by atoms with Gasteiger partial charge in [0.05, 0.1) is 18.3 Å². The number of aliphatic hydroxyl groups is 1. The number of benzene rings is 2. The Labute approximate surface area is 197 Å². The van der Waals surface area contributed by atoms with Gasteiger partial charge in [0.2, 0.25) is 5.91 Å². The van der Waals surface area contributed by atoms with Gasteiger partial charge in [0.1, 0.15) is 18.3 Å². The number of hydrogen-bond donors (Lipinski definition) is 2. The van der Waals surface area contributed by atoms with E-state index in [1.807, 2.05) is 60.7 Å². The number of aromatic nitrogens is 1. The second kappa shape index (κ2) is 10.0. The smallest absolute Gasteiger partial charge is 0.250 e. The lowest BCUT2D eigenvalue weighted by molar-refractivity contribution is -0.384. The quantitative estimate of drug-likeness (QED) is 0.579. The number of pyridine rings is 1. The van der Waals surface area contributed by atoms with Gasteiger partial charge >= 0.3 is 0 Å². The van der Waals surface area contributed by atoms with Crippen LogP contribution in [0.15, 0.2) is 79.0 Å². The van der Waals surface area contributed by atoms with Crippen LogP contribution in [-0.2, 0) is 25.4 Å². The van der Waals surface area contributed by atoms with Gasteiger partial charge < -0.3 is 29.8 Å². The van der Waals surface area contributed by atoms with Crippen molar-refractivity contribution in [1.82, 2.24) is 4.98 Å². The van der Waals surface area contributed by atoms with Gasteiger partial charge in [0.15, 0.2) is 12.6 Å². The molecule has 0 radical (unpaired) electrons. The fraction of sp³-hybridized carbons (Fsp3) is 0.308. The molecule has 8 heteroatoms. The molecule has 1 amide bonds. The largest absolute Gasteiger partial charge is 0.394 e. The van der Waals surface area contributed by atoms with E-state index in [4.69, 9.17) is 24.7 Å². The van der Waals surface area contributed by atoms with E-state index in [0.717, 1.165) is 16.8 Å².